The first-order valence-corrected chi connectivity index (χ1v) is 7.69. The van der Waals surface area contributed by atoms with E-state index in [2.05, 4.69) is 30.5 Å². The van der Waals surface area contributed by atoms with Crippen molar-refractivity contribution in [1.82, 2.24) is 25.5 Å². The Bertz CT molecular complexity index is 782. The molecule has 122 valence electrons. The maximum absolute atomic E-state index is 5.91. The Labute approximate surface area is 140 Å². The number of nitrogens with one attached hydrogen (secondary N) is 2. The molecule has 4 N–H and O–H groups in total. The molecule has 0 aliphatic heterocycles. The number of guanidine groups is 1. The van der Waals surface area contributed by atoms with Gasteiger partial charge in [0.2, 0.25) is 0 Å². The molecule has 3 rings (SSSR count). The number of H-pyrrole nitrogens is 1. The number of aliphatic imine (C=N–C) groups is 1. The lowest BCUT2D eigenvalue weighted by Gasteiger charge is -2.06. The van der Waals surface area contributed by atoms with Crippen LogP contribution in [0.25, 0.3) is 11.4 Å². The van der Waals surface area contributed by atoms with Crippen molar-refractivity contribution in [3.63, 3.8) is 0 Å². The number of aromatic amines is 1. The topological polar surface area (TPSA) is 105 Å². The smallest absolute Gasteiger partial charge is 0.188 e. The highest BCUT2D eigenvalue weighted by Gasteiger charge is 2.02. The zero-order valence-corrected chi connectivity index (χ0v) is 13.2. The minimum atomic E-state index is 0.427. The normalized spacial score (nSPS) is 11.4. The third-order valence-corrected chi connectivity index (χ3v) is 3.46. The second-order valence-electron chi connectivity index (χ2n) is 5.23. The van der Waals surface area contributed by atoms with Gasteiger partial charge in [0.1, 0.15) is 6.33 Å². The standard InChI is InChI=1S/C17H19N7/c18-17(20-9-7-15-6-1-2-8-19-15)21-11-13-4-3-5-14(10-13)16-22-12-23-24-16/h1-6,8,10,12H,7,9,11H2,(H3,18,20,21)(H,22,23,24). The number of aromatic nitrogens is 4. The van der Waals surface area contributed by atoms with E-state index >= 15 is 0 Å². The van der Waals surface area contributed by atoms with Crippen molar-refractivity contribution in [2.75, 3.05) is 6.54 Å². The van der Waals surface area contributed by atoms with Gasteiger partial charge in [0.25, 0.3) is 0 Å². The molecule has 0 fully saturated rings. The summed E-state index contributed by atoms with van der Waals surface area (Å²) in [4.78, 5) is 12.8. The van der Waals surface area contributed by atoms with E-state index in [-0.39, 0.29) is 0 Å². The summed E-state index contributed by atoms with van der Waals surface area (Å²) in [6, 6.07) is 13.8. The first kappa shape index (κ1) is 15.7. The molecule has 3 aromatic rings. The molecule has 0 aliphatic carbocycles. The van der Waals surface area contributed by atoms with Crippen molar-refractivity contribution in [3.05, 3.63) is 66.2 Å². The van der Waals surface area contributed by atoms with Crippen molar-refractivity contribution in [1.29, 1.82) is 0 Å². The van der Waals surface area contributed by atoms with Crippen LogP contribution in [0.15, 0.2) is 60.0 Å². The quantitative estimate of drug-likeness (QED) is 0.471. The van der Waals surface area contributed by atoms with Crippen molar-refractivity contribution in [3.8, 4) is 11.4 Å². The molecule has 0 radical (unpaired) electrons. The maximum atomic E-state index is 5.91. The molecule has 7 heteroatoms. The largest absolute Gasteiger partial charge is 0.370 e. The summed E-state index contributed by atoms with van der Waals surface area (Å²) in [6.45, 7) is 1.20. The summed E-state index contributed by atoms with van der Waals surface area (Å²) in [6.07, 6.45) is 4.08. The van der Waals surface area contributed by atoms with E-state index in [9.17, 15) is 0 Å². The molecule has 0 amide bonds. The molecule has 0 aliphatic rings. The van der Waals surface area contributed by atoms with Crippen LogP contribution in [0, 0.1) is 0 Å². The molecular weight excluding hydrogens is 302 g/mol. The minimum absolute atomic E-state index is 0.427. The molecule has 0 unspecified atom stereocenters. The molecule has 0 saturated heterocycles. The van der Waals surface area contributed by atoms with Gasteiger partial charge in [0.15, 0.2) is 11.8 Å². The average molecular weight is 321 g/mol. The number of rotatable bonds is 6. The van der Waals surface area contributed by atoms with Gasteiger partial charge in [-0.25, -0.2) is 9.98 Å². The lowest BCUT2D eigenvalue weighted by atomic mass is 10.1. The number of hydrogen-bond acceptors (Lipinski definition) is 4. The van der Waals surface area contributed by atoms with Gasteiger partial charge in [-0.05, 0) is 23.8 Å². The third-order valence-electron chi connectivity index (χ3n) is 3.46. The first-order chi connectivity index (χ1) is 11.8. The summed E-state index contributed by atoms with van der Waals surface area (Å²) < 4.78 is 0. The highest BCUT2D eigenvalue weighted by Crippen LogP contribution is 2.15. The molecule has 0 spiro atoms. The van der Waals surface area contributed by atoms with Crippen LogP contribution in [0.3, 0.4) is 0 Å². The zero-order valence-electron chi connectivity index (χ0n) is 13.2. The number of hydrogen-bond donors (Lipinski definition) is 3. The number of nitrogens with zero attached hydrogens (tertiary/aromatic N) is 4. The summed E-state index contributed by atoms with van der Waals surface area (Å²) >= 11 is 0. The van der Waals surface area contributed by atoms with Crippen LogP contribution in [0.1, 0.15) is 11.3 Å². The maximum Gasteiger partial charge on any atom is 0.188 e. The second kappa shape index (κ2) is 7.87. The van der Waals surface area contributed by atoms with Gasteiger partial charge in [-0.3, -0.25) is 10.1 Å². The Kier molecular flexibility index (Phi) is 5.14. The van der Waals surface area contributed by atoms with Gasteiger partial charge < -0.3 is 11.1 Å². The fourth-order valence-corrected chi connectivity index (χ4v) is 2.26. The molecule has 0 saturated carbocycles. The van der Waals surface area contributed by atoms with E-state index in [1.807, 2.05) is 42.5 Å². The minimum Gasteiger partial charge on any atom is -0.370 e. The number of nitrogens with two attached hydrogens (primary N) is 1. The highest BCUT2D eigenvalue weighted by molar-refractivity contribution is 5.77. The summed E-state index contributed by atoms with van der Waals surface area (Å²) in [5.74, 6) is 1.17. The summed E-state index contributed by atoms with van der Waals surface area (Å²) in [7, 11) is 0. The van der Waals surface area contributed by atoms with Gasteiger partial charge in [-0.1, -0.05) is 24.3 Å². The molecule has 2 aromatic heterocycles. The Morgan fingerprint density at radius 2 is 2.12 bits per heavy atom. The molecule has 24 heavy (non-hydrogen) atoms. The van der Waals surface area contributed by atoms with Crippen LogP contribution in [0.2, 0.25) is 0 Å². The van der Waals surface area contributed by atoms with Crippen LogP contribution < -0.4 is 11.1 Å². The second-order valence-corrected chi connectivity index (χ2v) is 5.23. The molecule has 0 bridgehead atoms. The van der Waals surface area contributed by atoms with Gasteiger partial charge in [-0.2, -0.15) is 5.10 Å². The predicted molar refractivity (Wildman–Crippen MR) is 93.1 cm³/mol. The van der Waals surface area contributed by atoms with Crippen LogP contribution in [-0.4, -0.2) is 32.7 Å². The molecule has 2 heterocycles. The Morgan fingerprint density at radius 1 is 1.17 bits per heavy atom. The van der Waals surface area contributed by atoms with E-state index < -0.39 is 0 Å². The lowest BCUT2D eigenvalue weighted by Crippen LogP contribution is -2.33. The van der Waals surface area contributed by atoms with Gasteiger partial charge in [0.05, 0.1) is 6.54 Å². The summed E-state index contributed by atoms with van der Waals surface area (Å²) in [5.41, 5.74) is 8.96. The molecule has 1 aromatic carbocycles. The van der Waals surface area contributed by atoms with Crippen molar-refractivity contribution < 1.29 is 0 Å². The first-order valence-electron chi connectivity index (χ1n) is 7.69. The lowest BCUT2D eigenvalue weighted by molar-refractivity contribution is 0.827. The Balaban J connectivity index is 1.52. The van der Waals surface area contributed by atoms with E-state index in [1.165, 1.54) is 6.33 Å². The Morgan fingerprint density at radius 3 is 2.92 bits per heavy atom. The van der Waals surface area contributed by atoms with Gasteiger partial charge in [0, 0.05) is 30.4 Å². The van der Waals surface area contributed by atoms with Crippen molar-refractivity contribution in [2.24, 2.45) is 10.7 Å². The van der Waals surface area contributed by atoms with Crippen LogP contribution in [0.5, 0.6) is 0 Å². The SMILES string of the molecule is NC(=NCc1cccc(-c2ncn[nH]2)c1)NCCc1ccccn1. The van der Waals surface area contributed by atoms with Gasteiger partial charge in [-0.15, -0.1) is 0 Å². The monoisotopic (exact) mass is 321 g/mol. The third kappa shape index (κ3) is 4.39. The fourth-order valence-electron chi connectivity index (χ4n) is 2.26. The van der Waals surface area contributed by atoms with Crippen LogP contribution in [-0.2, 0) is 13.0 Å². The zero-order chi connectivity index (χ0) is 16.6. The number of pyridine rings is 1. The molecule has 0 atom stereocenters. The molecular formula is C17H19N7. The van der Waals surface area contributed by atoms with Crippen LogP contribution >= 0.6 is 0 Å². The van der Waals surface area contributed by atoms with E-state index in [1.54, 1.807) is 6.20 Å². The fraction of sp³-hybridized carbons (Fsp3) is 0.176. The summed E-state index contributed by atoms with van der Waals surface area (Å²) in [5, 5.41) is 9.81. The van der Waals surface area contributed by atoms with Crippen molar-refractivity contribution in [2.45, 2.75) is 13.0 Å². The van der Waals surface area contributed by atoms with E-state index in [0.717, 1.165) is 29.1 Å². The van der Waals surface area contributed by atoms with Gasteiger partial charge >= 0.3 is 0 Å². The number of benzene rings is 1. The average Bonchev–Trinajstić information content (AvgIpc) is 3.16. The Hall–Kier alpha value is -3.22. The van der Waals surface area contributed by atoms with E-state index in [0.29, 0.717) is 19.0 Å². The molecule has 7 nitrogen and oxygen atoms in total. The predicted octanol–water partition coefficient (Wildman–Crippen LogP) is 1.51. The van der Waals surface area contributed by atoms with E-state index in [4.69, 9.17) is 5.73 Å². The van der Waals surface area contributed by atoms with Crippen LogP contribution in [0.4, 0.5) is 0 Å². The highest BCUT2D eigenvalue weighted by atomic mass is 15.2. The van der Waals surface area contributed by atoms with Crippen molar-refractivity contribution >= 4 is 5.96 Å².